The van der Waals surface area contributed by atoms with Crippen LogP contribution in [0, 0.1) is 13.8 Å². The Balaban J connectivity index is 2.09. The van der Waals surface area contributed by atoms with E-state index in [0.717, 1.165) is 11.5 Å². The Kier molecular flexibility index (Phi) is 4.07. The predicted octanol–water partition coefficient (Wildman–Crippen LogP) is 2.49. The number of carbonyl (C=O) groups excluding carboxylic acids is 1. The first-order valence-corrected chi connectivity index (χ1v) is 7.65. The summed E-state index contributed by atoms with van der Waals surface area (Å²) in [5.41, 5.74) is 4.21. The quantitative estimate of drug-likeness (QED) is 0.687. The maximum absolute atomic E-state index is 12.0. The van der Waals surface area contributed by atoms with Gasteiger partial charge in [-0.2, -0.15) is 9.61 Å². The summed E-state index contributed by atoms with van der Waals surface area (Å²) in [6.07, 6.45) is 1.52. The number of hydrogen-bond acceptors (Lipinski definition) is 5. The molecule has 0 atom stereocenters. The van der Waals surface area contributed by atoms with Gasteiger partial charge in [-0.15, -0.1) is 0 Å². The van der Waals surface area contributed by atoms with E-state index in [-0.39, 0.29) is 5.91 Å². The second kappa shape index (κ2) is 6.19. The SMILES string of the molecule is CNC(=O)c1cnn2c(NC)cc(Nc3cc(C)cc(C)c3)nc12. The number of fused-ring (bicyclic) bond motifs is 1. The molecule has 0 fully saturated rings. The molecule has 0 aliphatic heterocycles. The summed E-state index contributed by atoms with van der Waals surface area (Å²) in [5, 5.41) is 13.2. The molecule has 24 heavy (non-hydrogen) atoms. The third-order valence-electron chi connectivity index (χ3n) is 3.69. The van der Waals surface area contributed by atoms with E-state index in [9.17, 15) is 4.79 Å². The van der Waals surface area contributed by atoms with Crippen molar-refractivity contribution in [3.05, 3.63) is 47.2 Å². The summed E-state index contributed by atoms with van der Waals surface area (Å²) >= 11 is 0. The number of aromatic nitrogens is 3. The maximum atomic E-state index is 12.0. The first-order chi connectivity index (χ1) is 11.5. The van der Waals surface area contributed by atoms with Gasteiger partial charge in [-0.25, -0.2) is 4.98 Å². The fourth-order valence-corrected chi connectivity index (χ4v) is 2.69. The van der Waals surface area contributed by atoms with Gasteiger partial charge in [-0.1, -0.05) is 6.07 Å². The first kappa shape index (κ1) is 15.8. The number of anilines is 3. The minimum Gasteiger partial charge on any atom is -0.373 e. The molecule has 3 aromatic rings. The number of aryl methyl sites for hydroxylation is 2. The number of carbonyl (C=O) groups is 1. The van der Waals surface area contributed by atoms with Crippen LogP contribution in [0.4, 0.5) is 17.3 Å². The summed E-state index contributed by atoms with van der Waals surface area (Å²) < 4.78 is 1.61. The van der Waals surface area contributed by atoms with Crippen molar-refractivity contribution in [2.45, 2.75) is 13.8 Å². The van der Waals surface area contributed by atoms with Crippen LogP contribution in [-0.2, 0) is 0 Å². The van der Waals surface area contributed by atoms with Gasteiger partial charge < -0.3 is 16.0 Å². The topological polar surface area (TPSA) is 83.4 Å². The lowest BCUT2D eigenvalue weighted by molar-refractivity contribution is 0.0964. The van der Waals surface area contributed by atoms with Crippen LogP contribution in [-0.4, -0.2) is 34.6 Å². The fraction of sp³-hybridized carbons (Fsp3) is 0.235. The summed E-state index contributed by atoms with van der Waals surface area (Å²) in [6.45, 7) is 4.10. The molecule has 3 rings (SSSR count). The molecule has 124 valence electrons. The first-order valence-electron chi connectivity index (χ1n) is 7.65. The number of amides is 1. The minimum absolute atomic E-state index is 0.219. The number of nitrogens with one attached hydrogen (secondary N) is 3. The second-order valence-corrected chi connectivity index (χ2v) is 5.65. The van der Waals surface area contributed by atoms with E-state index in [2.05, 4.69) is 45.9 Å². The van der Waals surface area contributed by atoms with E-state index < -0.39 is 0 Å². The van der Waals surface area contributed by atoms with Gasteiger partial charge in [-0.05, 0) is 37.1 Å². The van der Waals surface area contributed by atoms with Crippen molar-refractivity contribution in [1.29, 1.82) is 0 Å². The van der Waals surface area contributed by atoms with Crippen molar-refractivity contribution < 1.29 is 4.79 Å². The number of nitrogens with zero attached hydrogens (tertiary/aromatic N) is 3. The van der Waals surface area contributed by atoms with Crippen LogP contribution in [0.1, 0.15) is 21.5 Å². The molecule has 0 spiro atoms. The minimum atomic E-state index is -0.219. The van der Waals surface area contributed by atoms with Crippen LogP contribution in [0.15, 0.2) is 30.5 Å². The molecular weight excluding hydrogens is 304 g/mol. The van der Waals surface area contributed by atoms with Crippen molar-refractivity contribution in [1.82, 2.24) is 19.9 Å². The molecule has 7 nitrogen and oxygen atoms in total. The molecule has 1 amide bonds. The average Bonchev–Trinajstić information content (AvgIpc) is 2.96. The van der Waals surface area contributed by atoms with Gasteiger partial charge in [0.15, 0.2) is 5.65 Å². The zero-order chi connectivity index (χ0) is 17.3. The molecule has 7 heteroatoms. The number of hydrogen-bond donors (Lipinski definition) is 3. The lowest BCUT2D eigenvalue weighted by atomic mass is 10.1. The van der Waals surface area contributed by atoms with Gasteiger partial charge in [-0.3, -0.25) is 4.79 Å². The van der Waals surface area contributed by atoms with E-state index in [1.54, 1.807) is 18.6 Å². The van der Waals surface area contributed by atoms with Gasteiger partial charge in [0, 0.05) is 25.8 Å². The molecule has 0 radical (unpaired) electrons. The van der Waals surface area contributed by atoms with Crippen molar-refractivity contribution in [2.75, 3.05) is 24.7 Å². The highest BCUT2D eigenvalue weighted by Crippen LogP contribution is 2.23. The Labute approximate surface area is 140 Å². The zero-order valence-corrected chi connectivity index (χ0v) is 14.1. The summed E-state index contributed by atoms with van der Waals surface area (Å²) in [6, 6.07) is 8.06. The largest absolute Gasteiger partial charge is 0.373 e. The summed E-state index contributed by atoms with van der Waals surface area (Å²) in [4.78, 5) is 16.6. The lowest BCUT2D eigenvalue weighted by Crippen LogP contribution is -2.18. The maximum Gasteiger partial charge on any atom is 0.256 e. The van der Waals surface area contributed by atoms with Crippen LogP contribution in [0.25, 0.3) is 5.65 Å². The van der Waals surface area contributed by atoms with Gasteiger partial charge in [0.1, 0.15) is 17.2 Å². The molecule has 2 heterocycles. The Morgan fingerprint density at radius 3 is 2.42 bits per heavy atom. The number of rotatable bonds is 4. The van der Waals surface area contributed by atoms with Gasteiger partial charge in [0.2, 0.25) is 0 Å². The zero-order valence-electron chi connectivity index (χ0n) is 14.1. The standard InChI is InChI=1S/C17H20N6O/c1-10-5-11(2)7-12(6-10)21-14-8-15(18-3)23-16(22-14)13(9-20-23)17(24)19-4/h5-9,18H,1-4H3,(H,19,24)(H,21,22). The van der Waals surface area contributed by atoms with Crippen molar-refractivity contribution in [3.8, 4) is 0 Å². The van der Waals surface area contributed by atoms with Crippen LogP contribution in [0.5, 0.6) is 0 Å². The summed E-state index contributed by atoms with van der Waals surface area (Å²) in [5.74, 6) is 1.16. The number of benzene rings is 1. The third-order valence-corrected chi connectivity index (χ3v) is 3.69. The monoisotopic (exact) mass is 324 g/mol. The fourth-order valence-electron chi connectivity index (χ4n) is 2.69. The van der Waals surface area contributed by atoms with Crippen LogP contribution >= 0.6 is 0 Å². The second-order valence-electron chi connectivity index (χ2n) is 5.65. The smallest absolute Gasteiger partial charge is 0.256 e. The van der Waals surface area contributed by atoms with Crippen LogP contribution in [0.2, 0.25) is 0 Å². The Hall–Kier alpha value is -3.09. The highest BCUT2D eigenvalue weighted by Gasteiger charge is 2.16. The van der Waals surface area contributed by atoms with Gasteiger partial charge >= 0.3 is 0 Å². The van der Waals surface area contributed by atoms with Crippen molar-refractivity contribution >= 4 is 28.9 Å². The molecular formula is C17H20N6O. The predicted molar refractivity (Wildman–Crippen MR) is 95.1 cm³/mol. The van der Waals surface area contributed by atoms with E-state index in [4.69, 9.17) is 0 Å². The highest BCUT2D eigenvalue weighted by molar-refractivity contribution is 5.99. The summed E-state index contributed by atoms with van der Waals surface area (Å²) in [7, 11) is 3.39. The van der Waals surface area contributed by atoms with Crippen molar-refractivity contribution in [3.63, 3.8) is 0 Å². The van der Waals surface area contributed by atoms with Crippen LogP contribution < -0.4 is 16.0 Å². The molecule has 0 unspecified atom stereocenters. The van der Waals surface area contributed by atoms with E-state index >= 15 is 0 Å². The van der Waals surface area contributed by atoms with Gasteiger partial charge in [0.25, 0.3) is 5.91 Å². The molecule has 2 aromatic heterocycles. The van der Waals surface area contributed by atoms with Crippen LogP contribution in [0.3, 0.4) is 0 Å². The van der Waals surface area contributed by atoms with Crippen molar-refractivity contribution in [2.24, 2.45) is 0 Å². The molecule has 0 bridgehead atoms. The lowest BCUT2D eigenvalue weighted by Gasteiger charge is -2.11. The highest BCUT2D eigenvalue weighted by atomic mass is 16.1. The molecule has 3 N–H and O–H groups in total. The molecule has 0 saturated carbocycles. The Morgan fingerprint density at radius 2 is 1.79 bits per heavy atom. The molecule has 0 aliphatic rings. The molecule has 0 saturated heterocycles. The Morgan fingerprint density at radius 1 is 1.08 bits per heavy atom. The van der Waals surface area contributed by atoms with E-state index in [1.807, 2.05) is 18.2 Å². The third kappa shape index (κ3) is 2.88. The normalized spacial score (nSPS) is 10.7. The van der Waals surface area contributed by atoms with Gasteiger partial charge in [0.05, 0.1) is 6.20 Å². The average molecular weight is 324 g/mol. The molecule has 0 aliphatic carbocycles. The Bertz CT molecular complexity index is 895. The van der Waals surface area contributed by atoms with E-state index in [0.29, 0.717) is 17.0 Å². The van der Waals surface area contributed by atoms with E-state index in [1.165, 1.54) is 17.3 Å². The molecule has 1 aromatic carbocycles.